The van der Waals surface area contributed by atoms with E-state index in [2.05, 4.69) is 76.4 Å². The molecule has 1 aromatic carbocycles. The molecule has 0 radical (unpaired) electrons. The summed E-state index contributed by atoms with van der Waals surface area (Å²) in [4.78, 5) is 201. The fourth-order valence-corrected chi connectivity index (χ4v) is 12.1. The van der Waals surface area contributed by atoms with Gasteiger partial charge in [0.05, 0.1) is 6.10 Å². The van der Waals surface area contributed by atoms with Gasteiger partial charge in [0.15, 0.2) is 0 Å². The lowest BCUT2D eigenvalue weighted by atomic mass is 9.95. The molecule has 1 aromatic rings. The number of allylic oxidation sites excluding steroid dienone is 1. The van der Waals surface area contributed by atoms with Gasteiger partial charge < -0.3 is 84.3 Å². The maximum Gasteiger partial charge on any atom is 0.329 e. The van der Waals surface area contributed by atoms with Gasteiger partial charge in [0.1, 0.15) is 84.3 Å². The smallest absolute Gasteiger partial charge is 0.329 e. The van der Waals surface area contributed by atoms with E-state index in [4.69, 9.17) is 10.5 Å². The first-order valence-electron chi connectivity index (χ1n) is 36.7. The molecule has 3 rings (SSSR count). The molecular weight excluding hydrogens is 1360 g/mol. The quantitative estimate of drug-likeness (QED) is 0.0266. The number of cyclic esters (lactones) is 1. The standard InChI is InChI=1S/C73H120N14O16S/c1-18-42(14)57(69(98)86-60-45(17)103-73(102)56(41(12)13)82-61(90)47(20-3)76-63(92)49(35-46-28-22-21-23-29-46)78-66(95)53(38(6)7)79-68(97)58(43(15)19-2)84-71(60)100)83-62(91)48(30-25-33-74)77-65(94)51-31-26-34-87(51)72(101)55(40(10)11)81-67(96)54(39(8)9)80-70(99)59(44(16)88)85-64(93)50(36-104)75-52(89)32-24-27-37(4)5/h20-23,28-29,37-45,48-51,53-60,88,104H,18-19,24-27,30-36,74H2,1-17H3,(H,75,89)(H,76,92)(H,77,94)(H,78,95)(H,79,97)(H,80,99)(H,81,96)(H,82,90)(H,83,91)(H,84,100)(H,85,93)(H,86,98)/b47-20-/t42-,43-,44+,45+,48-,49-,50+,51+,53+,54-,55+,56-,57+,58+,59-,60+/m0/s1. The Morgan fingerprint density at radius 2 is 1.21 bits per heavy atom. The second-order valence-corrected chi connectivity index (χ2v) is 29.6. The van der Waals surface area contributed by atoms with E-state index < -0.39 is 203 Å². The monoisotopic (exact) mass is 1480 g/mol. The molecule has 30 nitrogen and oxygen atoms in total. The van der Waals surface area contributed by atoms with Gasteiger partial charge in [-0.25, -0.2) is 4.79 Å². The highest BCUT2D eigenvalue weighted by atomic mass is 32.1. The number of nitrogens with zero attached hydrogens (tertiary/aromatic N) is 1. The van der Waals surface area contributed by atoms with Crippen LogP contribution in [0.15, 0.2) is 42.1 Å². The Labute approximate surface area is 618 Å². The van der Waals surface area contributed by atoms with Crippen LogP contribution >= 0.6 is 12.6 Å². The Morgan fingerprint density at radius 1 is 0.644 bits per heavy atom. The summed E-state index contributed by atoms with van der Waals surface area (Å²) in [7, 11) is 0. The molecule has 2 saturated heterocycles. The van der Waals surface area contributed by atoms with Gasteiger partial charge in [-0.3, -0.25) is 62.3 Å². The zero-order valence-corrected chi connectivity index (χ0v) is 64.7. The molecule has 2 aliphatic heterocycles. The van der Waals surface area contributed by atoms with Crippen LogP contribution in [-0.2, 0) is 78.3 Å². The predicted molar refractivity (Wildman–Crippen MR) is 394 cm³/mol. The third-order valence-electron chi connectivity index (χ3n) is 18.8. The van der Waals surface area contributed by atoms with Crippen molar-refractivity contribution in [3.8, 4) is 0 Å². The van der Waals surface area contributed by atoms with E-state index in [0.29, 0.717) is 30.7 Å². The minimum absolute atomic E-state index is 0.0362. The lowest BCUT2D eigenvalue weighted by Gasteiger charge is -2.33. The topological polar surface area (TPSA) is 442 Å². The van der Waals surface area contributed by atoms with Crippen LogP contribution in [0, 0.1) is 41.4 Å². The molecule has 2 aliphatic rings. The molecule has 0 aliphatic carbocycles. The summed E-state index contributed by atoms with van der Waals surface area (Å²) in [5.41, 5.74) is 6.33. The molecule has 2 fully saturated rings. The highest BCUT2D eigenvalue weighted by molar-refractivity contribution is 7.80. The second-order valence-electron chi connectivity index (χ2n) is 29.2. The number of likely N-dealkylation sites (tertiary alicyclic amines) is 1. The van der Waals surface area contributed by atoms with Crippen molar-refractivity contribution >= 4 is 95.4 Å². The van der Waals surface area contributed by atoms with Crippen molar-refractivity contribution in [2.24, 2.45) is 47.2 Å². The summed E-state index contributed by atoms with van der Waals surface area (Å²) < 4.78 is 5.96. The van der Waals surface area contributed by atoms with E-state index >= 15 is 9.59 Å². The lowest BCUT2D eigenvalue weighted by Crippen LogP contribution is -2.64. The van der Waals surface area contributed by atoms with Gasteiger partial charge in [-0.1, -0.05) is 153 Å². The summed E-state index contributed by atoms with van der Waals surface area (Å²) in [6.07, 6.45) is 0.927. The third kappa shape index (κ3) is 27.4. The van der Waals surface area contributed by atoms with Crippen LogP contribution in [0.3, 0.4) is 0 Å². The number of aliphatic hydroxyl groups excluding tert-OH is 1. The first-order chi connectivity index (χ1) is 48.9. The van der Waals surface area contributed by atoms with Crippen LogP contribution in [0.1, 0.15) is 181 Å². The lowest BCUT2D eigenvalue weighted by molar-refractivity contribution is -0.157. The molecule has 584 valence electrons. The number of hydrogen-bond acceptors (Lipinski definition) is 18. The van der Waals surface area contributed by atoms with Crippen LogP contribution in [0.4, 0.5) is 0 Å². The van der Waals surface area contributed by atoms with Crippen molar-refractivity contribution in [2.75, 3.05) is 18.8 Å². The molecule has 16 atom stereocenters. The Kier molecular flexibility index (Phi) is 38.0. The average molecular weight is 1480 g/mol. The molecule has 0 spiro atoms. The highest BCUT2D eigenvalue weighted by Gasteiger charge is 2.44. The first kappa shape index (κ1) is 90.0. The van der Waals surface area contributed by atoms with Gasteiger partial charge in [-0.15, -0.1) is 0 Å². The van der Waals surface area contributed by atoms with E-state index in [1.807, 2.05) is 13.8 Å². The Balaban J connectivity index is 1.99. The summed E-state index contributed by atoms with van der Waals surface area (Å²) >= 11 is 4.22. The van der Waals surface area contributed by atoms with Crippen molar-refractivity contribution in [1.82, 2.24) is 68.7 Å². The minimum Gasteiger partial charge on any atom is -0.458 e. The molecule has 15 N–H and O–H groups in total. The molecule has 0 bridgehead atoms. The molecule has 2 heterocycles. The molecule has 31 heteroatoms. The minimum atomic E-state index is -1.83. The van der Waals surface area contributed by atoms with Gasteiger partial charge in [0.25, 0.3) is 5.91 Å². The summed E-state index contributed by atoms with van der Waals surface area (Å²) in [6.45, 7) is 28.2. The Hall–Kier alpha value is -8.19. The van der Waals surface area contributed by atoms with Gasteiger partial charge in [-0.05, 0) is 106 Å². The summed E-state index contributed by atoms with van der Waals surface area (Å²) in [6, 6.07) is -7.83. The van der Waals surface area contributed by atoms with E-state index in [-0.39, 0.29) is 63.1 Å². The largest absolute Gasteiger partial charge is 0.458 e. The van der Waals surface area contributed by atoms with E-state index in [0.717, 1.165) is 6.42 Å². The number of carbonyl (C=O) groups is 14. The molecule has 0 saturated carbocycles. The number of nitrogens with one attached hydrogen (secondary N) is 12. The van der Waals surface area contributed by atoms with Gasteiger partial charge in [-0.2, -0.15) is 12.6 Å². The van der Waals surface area contributed by atoms with Crippen LogP contribution < -0.4 is 69.5 Å². The van der Waals surface area contributed by atoms with Crippen molar-refractivity contribution in [3.63, 3.8) is 0 Å². The van der Waals surface area contributed by atoms with Crippen molar-refractivity contribution in [3.05, 3.63) is 47.7 Å². The number of hydrogen-bond donors (Lipinski definition) is 15. The number of carbonyl (C=O) groups excluding carboxylic acids is 14. The SMILES string of the molecule is C/C=C1\NC(=O)[C@H](Cc2ccccc2)NC(=O)[C@@H](C(C)C)NC(=O)[C@@H]([C@@H](C)CC)NC(=O)[C@H](NC(=O)[C@H](NC(=O)[C@H](CCCN)NC(=O)[C@H]2CCCN2C(=O)[C@H](NC(=O)[C@@H](NC(=O)[C@@H](NC(=O)[C@@H](CS)NC(=O)CCCC(C)C)[C@@H](C)O)C(C)C)C(C)C)[C@@H](C)CC)[C@@H](C)OC(=O)[C@H](C(C)C)NC1=O. The summed E-state index contributed by atoms with van der Waals surface area (Å²) in [5.74, 6) is -15.0. The summed E-state index contributed by atoms with van der Waals surface area (Å²) in [5, 5.41) is 42.8. The van der Waals surface area contributed by atoms with Gasteiger partial charge in [0, 0.05) is 25.1 Å². The van der Waals surface area contributed by atoms with Crippen molar-refractivity contribution in [2.45, 2.75) is 267 Å². The highest BCUT2D eigenvalue weighted by Crippen LogP contribution is 2.23. The predicted octanol–water partition coefficient (Wildman–Crippen LogP) is 1.11. The van der Waals surface area contributed by atoms with Crippen molar-refractivity contribution < 1.29 is 77.0 Å². The van der Waals surface area contributed by atoms with Crippen LogP contribution in [0.25, 0.3) is 0 Å². The normalized spacial score (nSPS) is 22.6. The Bertz CT molecular complexity index is 3130. The number of rotatable bonds is 33. The fourth-order valence-electron chi connectivity index (χ4n) is 11.8. The van der Waals surface area contributed by atoms with Crippen LogP contribution in [0.2, 0.25) is 0 Å². The number of benzene rings is 1. The maximum absolute atomic E-state index is 15.0. The first-order valence-corrected chi connectivity index (χ1v) is 37.4. The molecular formula is C73H120N14O16S. The number of aliphatic hydroxyl groups is 1. The molecule has 13 amide bonds. The fraction of sp³-hybridized carbons (Fsp3) is 0.699. The second kappa shape index (κ2) is 43.9. The number of thiol groups is 1. The third-order valence-corrected chi connectivity index (χ3v) is 19.2. The van der Waals surface area contributed by atoms with Gasteiger partial charge in [0.2, 0.25) is 70.9 Å². The zero-order chi connectivity index (χ0) is 78.6. The van der Waals surface area contributed by atoms with Crippen LogP contribution in [0.5, 0.6) is 0 Å². The van der Waals surface area contributed by atoms with Crippen LogP contribution in [-0.4, -0.2) is 196 Å². The molecule has 0 unspecified atom stereocenters. The number of nitrogens with two attached hydrogens (primary N) is 1. The molecule has 104 heavy (non-hydrogen) atoms. The maximum atomic E-state index is 15.0. The number of esters is 1. The van der Waals surface area contributed by atoms with E-state index in [9.17, 15) is 62.6 Å². The average Bonchev–Trinajstić information content (AvgIpc) is 1.48. The van der Waals surface area contributed by atoms with E-state index in [1.165, 1.54) is 31.7 Å². The number of ether oxygens (including phenoxy) is 1. The van der Waals surface area contributed by atoms with Crippen molar-refractivity contribution in [1.29, 1.82) is 0 Å². The Morgan fingerprint density at radius 3 is 1.76 bits per heavy atom. The zero-order valence-electron chi connectivity index (χ0n) is 63.8. The number of amides is 13. The van der Waals surface area contributed by atoms with E-state index in [1.54, 1.807) is 113 Å². The molecule has 0 aromatic heterocycles. The van der Waals surface area contributed by atoms with Gasteiger partial charge >= 0.3 is 5.97 Å².